The molecule has 0 saturated heterocycles. The zero-order chi connectivity index (χ0) is 55.4. The third kappa shape index (κ3) is 18.4. The molecule has 0 bridgehead atoms. The summed E-state index contributed by atoms with van der Waals surface area (Å²) in [5.74, 6) is 0. The minimum Gasteiger partial charge on any atom is -0.309 e. The zero-order valence-electron chi connectivity index (χ0n) is 50.1. The molecule has 2 aromatic heterocycles. The van der Waals surface area contributed by atoms with Crippen molar-refractivity contribution in [2.45, 2.75) is 258 Å². The van der Waals surface area contributed by atoms with Gasteiger partial charge in [-0.15, -0.1) is 0 Å². The Balaban J connectivity index is 0.838. The summed E-state index contributed by atoms with van der Waals surface area (Å²) in [4.78, 5) is 0. The minimum absolute atomic E-state index is 1.11. The lowest BCUT2D eigenvalue weighted by Crippen LogP contribution is -1.98. The van der Waals surface area contributed by atoms with Crippen LogP contribution in [-0.2, 0) is 12.8 Å². The fourth-order valence-electron chi connectivity index (χ4n) is 13.2. The number of halogens is 2. The molecule has 6 aromatic carbocycles. The molecular weight excluding hydrogens is 1100 g/mol. The van der Waals surface area contributed by atoms with Crippen LogP contribution in [0, 0.1) is 0 Å². The Kier molecular flexibility index (Phi) is 27.2. The van der Waals surface area contributed by atoms with E-state index in [1.165, 1.54) is 308 Å². The summed E-state index contributed by atoms with van der Waals surface area (Å²) in [5, 5.41) is 5.31. The Morgan fingerprint density at radius 3 is 0.838 bits per heavy atom. The van der Waals surface area contributed by atoms with Crippen LogP contribution < -0.4 is 0 Å². The van der Waals surface area contributed by atoms with Crippen LogP contribution in [0.3, 0.4) is 0 Å². The maximum Gasteiger partial charge on any atom is 0.0573 e. The summed E-state index contributed by atoms with van der Waals surface area (Å²) in [6.07, 6.45) is 52.9. The molecule has 430 valence electrons. The van der Waals surface area contributed by atoms with E-state index in [4.69, 9.17) is 0 Å². The molecule has 0 radical (unpaired) electrons. The van der Waals surface area contributed by atoms with E-state index in [1.807, 2.05) is 0 Å². The van der Waals surface area contributed by atoms with Crippen LogP contribution in [-0.4, -0.2) is 9.13 Å². The molecule has 0 aliphatic carbocycles. The van der Waals surface area contributed by atoms with E-state index < -0.39 is 0 Å². The van der Waals surface area contributed by atoms with Crippen molar-refractivity contribution in [3.8, 4) is 22.5 Å². The van der Waals surface area contributed by atoms with Crippen molar-refractivity contribution in [2.75, 3.05) is 0 Å². The SMILES string of the molecule is CCCCCCCCCCCCCCCCCCCCc1cccc2c3cc(Br)ccc3n(-c3ccc(-c4ccc(-n5c6ccc(Br)cc6c6cccc(CCCCCCCCCCCCCCCCCCCC)c65)cc4)cc3)c12. The molecule has 2 nitrogen and oxygen atoms in total. The van der Waals surface area contributed by atoms with Gasteiger partial charge in [-0.1, -0.05) is 325 Å². The van der Waals surface area contributed by atoms with Gasteiger partial charge >= 0.3 is 0 Å². The van der Waals surface area contributed by atoms with Gasteiger partial charge in [0.15, 0.2) is 0 Å². The van der Waals surface area contributed by atoms with Crippen LogP contribution in [0.1, 0.15) is 256 Å². The normalized spacial score (nSPS) is 11.9. The van der Waals surface area contributed by atoms with Crippen molar-refractivity contribution in [2.24, 2.45) is 0 Å². The van der Waals surface area contributed by atoms with Gasteiger partial charge in [0.2, 0.25) is 0 Å². The maximum absolute atomic E-state index is 3.82. The lowest BCUT2D eigenvalue weighted by molar-refractivity contribution is 0.525. The predicted molar refractivity (Wildman–Crippen MR) is 361 cm³/mol. The molecule has 0 aliphatic rings. The number of para-hydroxylation sites is 2. The predicted octanol–water partition coefficient (Wildman–Crippen LogP) is 26.2. The summed E-state index contributed by atoms with van der Waals surface area (Å²) >= 11 is 7.63. The van der Waals surface area contributed by atoms with E-state index in [9.17, 15) is 0 Å². The highest BCUT2D eigenvalue weighted by Crippen LogP contribution is 2.39. The first-order valence-electron chi connectivity index (χ1n) is 33.2. The molecule has 0 N–H and O–H groups in total. The topological polar surface area (TPSA) is 9.86 Å². The van der Waals surface area contributed by atoms with Crippen molar-refractivity contribution >= 4 is 75.5 Å². The van der Waals surface area contributed by atoms with Crippen molar-refractivity contribution in [1.82, 2.24) is 9.13 Å². The highest BCUT2D eigenvalue weighted by Gasteiger charge is 2.18. The number of rotatable bonds is 41. The summed E-state index contributed by atoms with van der Waals surface area (Å²) in [5.41, 5.74) is 13.1. The number of nitrogens with zero attached hydrogens (tertiary/aromatic N) is 2. The largest absolute Gasteiger partial charge is 0.309 e. The Bertz CT molecular complexity index is 2800. The van der Waals surface area contributed by atoms with Crippen LogP contribution in [0.25, 0.3) is 66.1 Å². The lowest BCUT2D eigenvalue weighted by atomic mass is 10.0. The number of benzene rings is 6. The van der Waals surface area contributed by atoms with Crippen LogP contribution >= 0.6 is 31.9 Å². The first-order valence-corrected chi connectivity index (χ1v) is 34.8. The van der Waals surface area contributed by atoms with Crippen molar-refractivity contribution in [1.29, 1.82) is 0 Å². The van der Waals surface area contributed by atoms with Crippen molar-refractivity contribution in [3.63, 3.8) is 0 Å². The fourth-order valence-corrected chi connectivity index (χ4v) is 13.9. The number of aryl methyl sites for hydroxylation is 2. The van der Waals surface area contributed by atoms with E-state index >= 15 is 0 Å². The number of hydrogen-bond acceptors (Lipinski definition) is 0. The summed E-state index contributed by atoms with van der Waals surface area (Å²) in [6, 6.07) is 46.3. The Morgan fingerprint density at radius 1 is 0.275 bits per heavy atom. The number of unbranched alkanes of at least 4 members (excludes halogenated alkanes) is 34. The highest BCUT2D eigenvalue weighted by molar-refractivity contribution is 9.10. The van der Waals surface area contributed by atoms with Gasteiger partial charge in [-0.05, 0) is 109 Å². The van der Waals surface area contributed by atoms with E-state index in [2.05, 4.69) is 176 Å². The maximum atomic E-state index is 3.82. The van der Waals surface area contributed by atoms with Gasteiger partial charge in [0, 0.05) is 41.9 Å². The number of aromatic nitrogens is 2. The molecule has 0 saturated carbocycles. The monoisotopic (exact) mass is 1200 g/mol. The molecule has 0 amide bonds. The van der Waals surface area contributed by atoms with Gasteiger partial charge in [0.25, 0.3) is 0 Å². The quantitative estimate of drug-likeness (QED) is 0.0338. The van der Waals surface area contributed by atoms with Gasteiger partial charge in [0.05, 0.1) is 22.1 Å². The van der Waals surface area contributed by atoms with Crippen LogP contribution in [0.5, 0.6) is 0 Å². The first kappa shape index (κ1) is 61.9. The van der Waals surface area contributed by atoms with Gasteiger partial charge in [0.1, 0.15) is 0 Å². The smallest absolute Gasteiger partial charge is 0.0573 e. The van der Waals surface area contributed by atoms with Crippen LogP contribution in [0.2, 0.25) is 0 Å². The van der Waals surface area contributed by atoms with E-state index in [-0.39, 0.29) is 0 Å². The van der Waals surface area contributed by atoms with Crippen molar-refractivity contribution < 1.29 is 0 Å². The third-order valence-corrected chi connectivity index (χ3v) is 18.8. The van der Waals surface area contributed by atoms with Crippen LogP contribution in [0.15, 0.2) is 130 Å². The second-order valence-corrected chi connectivity index (χ2v) is 26.1. The zero-order valence-corrected chi connectivity index (χ0v) is 53.2. The second kappa shape index (κ2) is 35.1. The summed E-state index contributed by atoms with van der Waals surface area (Å²) in [7, 11) is 0. The van der Waals surface area contributed by atoms with E-state index in [0.717, 1.165) is 21.8 Å². The Morgan fingerprint density at radius 2 is 0.550 bits per heavy atom. The molecule has 2 heterocycles. The highest BCUT2D eigenvalue weighted by atomic mass is 79.9. The van der Waals surface area contributed by atoms with Gasteiger partial charge in [-0.25, -0.2) is 0 Å². The molecule has 8 rings (SSSR count). The fraction of sp³-hybridized carbons (Fsp3) is 0.526. The minimum atomic E-state index is 1.11. The van der Waals surface area contributed by atoms with Gasteiger partial charge in [-0.3, -0.25) is 0 Å². The lowest BCUT2D eigenvalue weighted by Gasteiger charge is -2.14. The average Bonchev–Trinajstić information content (AvgIpc) is 4.01. The standard InChI is InChI=1S/C76H102Br2N2/c1-3-5-7-9-11-13-15-17-19-21-23-25-27-29-31-33-35-37-41-63-43-39-45-69-71-59-65(77)51-57-73(71)79(75(63)69)67-53-47-61(48-54-67)62-49-55-68(56-50-62)80-74-58-52-66(78)60-72(74)70-46-40-44-64(76(70)80)42-38-36-34-32-30-28-26-24-22-20-18-16-14-12-10-8-6-4-2/h39-40,43-60H,3-38,41-42H2,1-2H3. The van der Waals surface area contributed by atoms with Crippen LogP contribution in [0.4, 0.5) is 0 Å². The Labute approximate surface area is 503 Å². The molecule has 0 fully saturated rings. The molecular formula is C76H102Br2N2. The molecule has 4 heteroatoms. The molecule has 80 heavy (non-hydrogen) atoms. The van der Waals surface area contributed by atoms with Gasteiger partial charge < -0.3 is 9.13 Å². The van der Waals surface area contributed by atoms with E-state index in [0.29, 0.717) is 0 Å². The molecule has 0 atom stereocenters. The number of fused-ring (bicyclic) bond motifs is 6. The first-order chi connectivity index (χ1) is 39.6. The Hall–Kier alpha value is -4.12. The summed E-state index contributed by atoms with van der Waals surface area (Å²) in [6.45, 7) is 4.62. The van der Waals surface area contributed by atoms with E-state index in [1.54, 1.807) is 0 Å². The van der Waals surface area contributed by atoms with Crippen molar-refractivity contribution in [3.05, 3.63) is 141 Å². The number of hydrogen-bond donors (Lipinski definition) is 0. The van der Waals surface area contributed by atoms with Gasteiger partial charge in [-0.2, -0.15) is 0 Å². The molecule has 0 aliphatic heterocycles. The molecule has 0 unspecified atom stereocenters. The molecule has 8 aromatic rings. The average molecular weight is 1200 g/mol. The molecule has 0 spiro atoms. The second-order valence-electron chi connectivity index (χ2n) is 24.2. The summed E-state index contributed by atoms with van der Waals surface area (Å²) < 4.78 is 7.32. The third-order valence-electron chi connectivity index (χ3n) is 17.8.